The lowest BCUT2D eigenvalue weighted by Gasteiger charge is -2.32. The number of ether oxygens (including phenoxy) is 1. The lowest BCUT2D eigenvalue weighted by Crippen LogP contribution is -2.39. The number of esters is 1. The largest absolute Gasteiger partial charge is 0.467 e. The number of nitrogens with one attached hydrogen (secondary N) is 1. The number of fused-ring (bicyclic) bond motifs is 1. The Morgan fingerprint density at radius 2 is 2.04 bits per heavy atom. The first-order chi connectivity index (χ1) is 12.9. The van der Waals surface area contributed by atoms with Crippen LogP contribution >= 0.6 is 0 Å². The average Bonchev–Trinajstić information content (AvgIpc) is 3.10. The molecule has 0 aromatic heterocycles. The quantitative estimate of drug-likeness (QED) is 0.482. The number of carbonyl (C=O) groups is 2. The molecule has 2 aliphatic rings. The van der Waals surface area contributed by atoms with Gasteiger partial charge in [-0.1, -0.05) is 12.8 Å². The van der Waals surface area contributed by atoms with Gasteiger partial charge in [-0.25, -0.2) is 4.79 Å². The van der Waals surface area contributed by atoms with Crippen LogP contribution in [0.5, 0.6) is 0 Å². The van der Waals surface area contributed by atoms with Gasteiger partial charge in [0.2, 0.25) is 0 Å². The first-order valence-electron chi connectivity index (χ1n) is 9.36. The van der Waals surface area contributed by atoms with Crippen LogP contribution in [0, 0.1) is 16.0 Å². The Balaban J connectivity index is 1.84. The second-order valence-corrected chi connectivity index (χ2v) is 7.27. The van der Waals surface area contributed by atoms with E-state index in [1.807, 2.05) is 0 Å². The van der Waals surface area contributed by atoms with Gasteiger partial charge in [0.25, 0.3) is 11.6 Å². The maximum absolute atomic E-state index is 12.4. The molecule has 2 fully saturated rings. The summed E-state index contributed by atoms with van der Waals surface area (Å²) in [5.41, 5.74) is 0.659. The third-order valence-corrected chi connectivity index (χ3v) is 5.66. The number of anilines is 1. The highest BCUT2D eigenvalue weighted by Gasteiger charge is 2.38. The molecular formula is C19H25N3O5. The molecule has 1 aromatic rings. The van der Waals surface area contributed by atoms with Gasteiger partial charge >= 0.3 is 5.97 Å². The molecule has 1 N–H and O–H groups in total. The predicted molar refractivity (Wildman–Crippen MR) is 99.7 cm³/mol. The summed E-state index contributed by atoms with van der Waals surface area (Å²) >= 11 is 0. The summed E-state index contributed by atoms with van der Waals surface area (Å²) in [6, 6.07) is 4.05. The van der Waals surface area contributed by atoms with Crippen LogP contribution in [0.25, 0.3) is 0 Å². The van der Waals surface area contributed by atoms with Crippen molar-refractivity contribution >= 4 is 23.3 Å². The maximum Gasteiger partial charge on any atom is 0.328 e. The van der Waals surface area contributed by atoms with Gasteiger partial charge in [0.1, 0.15) is 11.7 Å². The van der Waals surface area contributed by atoms with Crippen LogP contribution in [-0.4, -0.2) is 42.5 Å². The molecule has 1 amide bonds. The van der Waals surface area contributed by atoms with E-state index < -0.39 is 22.8 Å². The van der Waals surface area contributed by atoms with Crippen LogP contribution in [0.1, 0.15) is 49.4 Å². The summed E-state index contributed by atoms with van der Waals surface area (Å²) in [6.45, 7) is 2.31. The summed E-state index contributed by atoms with van der Waals surface area (Å²) in [6.07, 6.45) is 5.67. The fraction of sp³-hybridized carbons (Fsp3) is 0.579. The Bertz CT molecular complexity index is 751. The first-order valence-corrected chi connectivity index (χ1v) is 9.36. The molecule has 0 radical (unpaired) electrons. The molecule has 1 aliphatic heterocycles. The Kier molecular flexibility index (Phi) is 5.62. The molecule has 8 heteroatoms. The van der Waals surface area contributed by atoms with Crippen molar-refractivity contribution in [3.63, 3.8) is 0 Å². The highest BCUT2D eigenvalue weighted by Crippen LogP contribution is 2.42. The van der Waals surface area contributed by atoms with Crippen molar-refractivity contribution in [2.45, 2.75) is 51.1 Å². The van der Waals surface area contributed by atoms with E-state index >= 15 is 0 Å². The normalized spacial score (nSPS) is 22.7. The van der Waals surface area contributed by atoms with E-state index in [2.05, 4.69) is 15.0 Å². The third-order valence-electron chi connectivity index (χ3n) is 5.66. The zero-order chi connectivity index (χ0) is 19.6. The van der Waals surface area contributed by atoms with E-state index in [0.29, 0.717) is 17.6 Å². The zero-order valence-electron chi connectivity index (χ0n) is 15.6. The van der Waals surface area contributed by atoms with Crippen molar-refractivity contribution in [1.29, 1.82) is 0 Å². The summed E-state index contributed by atoms with van der Waals surface area (Å²) in [5.74, 6) is -0.517. The Morgan fingerprint density at radius 1 is 1.30 bits per heavy atom. The van der Waals surface area contributed by atoms with Crippen LogP contribution in [0.2, 0.25) is 0 Å². The molecule has 0 bridgehead atoms. The fourth-order valence-corrected chi connectivity index (χ4v) is 4.27. The molecular weight excluding hydrogens is 350 g/mol. The minimum Gasteiger partial charge on any atom is -0.467 e. The van der Waals surface area contributed by atoms with Gasteiger partial charge in [0, 0.05) is 24.2 Å². The molecule has 1 aromatic carbocycles. The van der Waals surface area contributed by atoms with Gasteiger partial charge in [-0.05, 0) is 44.2 Å². The number of rotatable bonds is 5. The molecule has 1 heterocycles. The lowest BCUT2D eigenvalue weighted by atomic mass is 9.85. The van der Waals surface area contributed by atoms with Crippen LogP contribution in [0.3, 0.4) is 0 Å². The first kappa shape index (κ1) is 19.1. The number of hydrogen-bond acceptors (Lipinski definition) is 6. The molecule has 3 atom stereocenters. The van der Waals surface area contributed by atoms with E-state index in [9.17, 15) is 19.7 Å². The van der Waals surface area contributed by atoms with Gasteiger partial charge in [-0.3, -0.25) is 14.9 Å². The Morgan fingerprint density at radius 3 is 2.74 bits per heavy atom. The van der Waals surface area contributed by atoms with Crippen LogP contribution in [0.4, 0.5) is 11.4 Å². The Hall–Kier alpha value is -2.64. The fourth-order valence-electron chi connectivity index (χ4n) is 4.27. The third kappa shape index (κ3) is 3.89. The van der Waals surface area contributed by atoms with Crippen LogP contribution in [-0.2, 0) is 9.53 Å². The summed E-state index contributed by atoms with van der Waals surface area (Å²) in [5, 5.41) is 14.2. The van der Waals surface area contributed by atoms with Gasteiger partial charge in [-0.15, -0.1) is 0 Å². The highest BCUT2D eigenvalue weighted by atomic mass is 16.6. The van der Waals surface area contributed by atoms with Gasteiger partial charge in [0.15, 0.2) is 0 Å². The van der Waals surface area contributed by atoms with Crippen molar-refractivity contribution in [3.05, 3.63) is 33.9 Å². The van der Waals surface area contributed by atoms with Crippen molar-refractivity contribution < 1.29 is 19.2 Å². The lowest BCUT2D eigenvalue weighted by molar-refractivity contribution is -0.384. The number of carbonyl (C=O) groups excluding carboxylic acids is 2. The monoisotopic (exact) mass is 375 g/mol. The highest BCUT2D eigenvalue weighted by molar-refractivity contribution is 5.98. The van der Waals surface area contributed by atoms with Crippen molar-refractivity contribution in [3.8, 4) is 0 Å². The van der Waals surface area contributed by atoms with E-state index in [-0.39, 0.29) is 11.3 Å². The summed E-state index contributed by atoms with van der Waals surface area (Å²) in [4.78, 5) is 37.2. The SMILES string of the molecule is COC(=O)C(C)NC(=O)c1ccc(N2CCC3CCCCC32)c([N+](=O)[O-])c1. The number of methoxy groups -OCH3 is 1. The zero-order valence-corrected chi connectivity index (χ0v) is 15.6. The standard InChI is InChI=1S/C19H25N3O5/c1-12(19(24)27-2)20-18(23)14-7-8-16(17(11-14)22(25)26)21-10-9-13-5-3-4-6-15(13)21/h7-8,11-13,15H,3-6,9-10H2,1-2H3,(H,20,23). The second-order valence-electron chi connectivity index (χ2n) is 7.27. The molecule has 1 aliphatic carbocycles. The topological polar surface area (TPSA) is 102 Å². The van der Waals surface area contributed by atoms with Crippen molar-refractivity contribution in [2.75, 3.05) is 18.6 Å². The van der Waals surface area contributed by atoms with E-state index in [1.54, 1.807) is 12.1 Å². The van der Waals surface area contributed by atoms with Crippen molar-refractivity contribution in [2.24, 2.45) is 5.92 Å². The van der Waals surface area contributed by atoms with Crippen LogP contribution < -0.4 is 10.2 Å². The molecule has 3 rings (SSSR count). The van der Waals surface area contributed by atoms with Crippen LogP contribution in [0.15, 0.2) is 18.2 Å². The van der Waals surface area contributed by atoms with Gasteiger partial charge < -0.3 is 15.0 Å². The number of hydrogen-bond donors (Lipinski definition) is 1. The molecule has 1 saturated carbocycles. The average molecular weight is 375 g/mol. The van der Waals surface area contributed by atoms with E-state index in [4.69, 9.17) is 0 Å². The number of nitro benzene ring substituents is 1. The minimum atomic E-state index is -0.831. The summed E-state index contributed by atoms with van der Waals surface area (Å²) in [7, 11) is 1.24. The molecule has 0 spiro atoms. The predicted octanol–water partition coefficient (Wildman–Crippen LogP) is 2.66. The number of nitrogens with zero attached hydrogens (tertiary/aromatic N) is 2. The summed E-state index contributed by atoms with van der Waals surface area (Å²) < 4.78 is 4.58. The molecule has 1 saturated heterocycles. The van der Waals surface area contributed by atoms with Crippen molar-refractivity contribution in [1.82, 2.24) is 5.32 Å². The molecule has 146 valence electrons. The van der Waals surface area contributed by atoms with E-state index in [0.717, 1.165) is 25.8 Å². The number of nitro groups is 1. The molecule has 27 heavy (non-hydrogen) atoms. The molecule has 3 unspecified atom stereocenters. The maximum atomic E-state index is 12.4. The van der Waals surface area contributed by atoms with E-state index in [1.165, 1.54) is 32.9 Å². The van der Waals surface area contributed by atoms with Gasteiger partial charge in [0.05, 0.1) is 12.0 Å². The second kappa shape index (κ2) is 7.94. The molecule has 8 nitrogen and oxygen atoms in total. The minimum absolute atomic E-state index is 0.0698. The van der Waals surface area contributed by atoms with Gasteiger partial charge in [-0.2, -0.15) is 0 Å². The Labute approximate surface area is 158 Å². The smallest absolute Gasteiger partial charge is 0.328 e. The number of benzene rings is 1. The number of amides is 1.